The van der Waals surface area contributed by atoms with E-state index in [-0.39, 0.29) is 17.6 Å². The van der Waals surface area contributed by atoms with Gasteiger partial charge in [0, 0.05) is 15.7 Å². The summed E-state index contributed by atoms with van der Waals surface area (Å²) < 4.78 is 1.56. The van der Waals surface area contributed by atoms with Gasteiger partial charge in [0.05, 0.1) is 5.75 Å². The Morgan fingerprint density at radius 3 is 2.44 bits per heavy atom. The highest BCUT2D eigenvalue weighted by atomic mass is 79.9. The van der Waals surface area contributed by atoms with E-state index in [0.29, 0.717) is 15.0 Å². The number of anilines is 2. The Kier molecular flexibility index (Phi) is 6.59. The van der Waals surface area contributed by atoms with E-state index in [1.54, 1.807) is 12.1 Å². The highest BCUT2D eigenvalue weighted by Gasteiger charge is 2.12. The number of rotatable bonds is 6. The van der Waals surface area contributed by atoms with Gasteiger partial charge >= 0.3 is 0 Å². The molecule has 0 fully saturated rings. The van der Waals surface area contributed by atoms with Crippen molar-refractivity contribution in [1.82, 2.24) is 10.2 Å². The van der Waals surface area contributed by atoms with Crippen molar-refractivity contribution >= 4 is 61.7 Å². The second-order valence-electron chi connectivity index (χ2n) is 5.54. The van der Waals surface area contributed by atoms with Crippen LogP contribution in [-0.2, 0) is 4.79 Å². The van der Waals surface area contributed by atoms with Crippen LogP contribution in [0, 0.1) is 6.92 Å². The van der Waals surface area contributed by atoms with E-state index in [1.165, 1.54) is 23.1 Å². The van der Waals surface area contributed by atoms with Crippen molar-refractivity contribution in [2.45, 2.75) is 11.3 Å². The van der Waals surface area contributed by atoms with Gasteiger partial charge in [-0.15, -0.1) is 10.2 Å². The number of nitrogens with one attached hydrogen (secondary N) is 2. The fraction of sp³-hybridized carbons (Fsp3) is 0.111. The van der Waals surface area contributed by atoms with Crippen molar-refractivity contribution in [3.05, 3.63) is 64.1 Å². The molecule has 0 saturated carbocycles. The van der Waals surface area contributed by atoms with Crippen molar-refractivity contribution < 1.29 is 9.59 Å². The molecule has 2 N–H and O–H groups in total. The zero-order valence-electron chi connectivity index (χ0n) is 14.2. The molecule has 1 heterocycles. The van der Waals surface area contributed by atoms with Crippen molar-refractivity contribution in [2.24, 2.45) is 0 Å². The Bertz CT molecular complexity index is 943. The van der Waals surface area contributed by atoms with E-state index in [0.717, 1.165) is 15.7 Å². The van der Waals surface area contributed by atoms with Crippen LogP contribution >= 0.6 is 39.0 Å². The molecule has 0 saturated heterocycles. The largest absolute Gasteiger partial charge is 0.325 e. The number of carbonyl (C=O) groups excluding carboxylic acids is 2. The van der Waals surface area contributed by atoms with Gasteiger partial charge in [-0.2, -0.15) is 0 Å². The minimum absolute atomic E-state index is 0.136. The normalized spacial score (nSPS) is 10.4. The molecule has 9 heteroatoms. The predicted molar refractivity (Wildman–Crippen MR) is 113 cm³/mol. The van der Waals surface area contributed by atoms with Gasteiger partial charge in [0.2, 0.25) is 11.0 Å². The van der Waals surface area contributed by atoms with E-state index in [2.05, 4.69) is 36.8 Å². The average Bonchev–Trinajstić information content (AvgIpc) is 3.10. The highest BCUT2D eigenvalue weighted by Crippen LogP contribution is 2.26. The fourth-order valence-corrected chi connectivity index (χ4v) is 3.86. The van der Waals surface area contributed by atoms with Crippen LogP contribution in [0.1, 0.15) is 15.9 Å². The fourth-order valence-electron chi connectivity index (χ4n) is 2.05. The Balaban J connectivity index is 1.50. The van der Waals surface area contributed by atoms with Crippen LogP contribution in [0.25, 0.3) is 0 Å². The number of hydrogen-bond acceptors (Lipinski definition) is 6. The summed E-state index contributed by atoms with van der Waals surface area (Å²) in [5.74, 6) is -0.171. The van der Waals surface area contributed by atoms with Crippen LogP contribution in [0.3, 0.4) is 0 Å². The second-order valence-corrected chi connectivity index (χ2v) is 8.65. The zero-order chi connectivity index (χ0) is 19.2. The van der Waals surface area contributed by atoms with E-state index in [1.807, 2.05) is 43.3 Å². The summed E-state index contributed by atoms with van der Waals surface area (Å²) in [4.78, 5) is 24.2. The Hall–Kier alpha value is -2.23. The molecule has 2 aromatic carbocycles. The van der Waals surface area contributed by atoms with Gasteiger partial charge in [0.1, 0.15) is 0 Å². The van der Waals surface area contributed by atoms with Gasteiger partial charge in [0.25, 0.3) is 5.91 Å². The van der Waals surface area contributed by atoms with Crippen molar-refractivity contribution in [1.29, 1.82) is 0 Å². The van der Waals surface area contributed by atoms with E-state index < -0.39 is 0 Å². The first-order valence-electron chi connectivity index (χ1n) is 7.89. The number of hydrogen-bond donors (Lipinski definition) is 2. The average molecular weight is 463 g/mol. The molecular formula is C18H15BrN4O2S2. The number of aromatic nitrogens is 2. The molecule has 0 aliphatic rings. The van der Waals surface area contributed by atoms with Crippen LogP contribution in [0.15, 0.2) is 57.3 Å². The van der Waals surface area contributed by atoms with Crippen LogP contribution in [-0.4, -0.2) is 27.8 Å². The standard InChI is InChI=1S/C18H15BrN4O2S2/c1-11-2-4-12(5-3-11)16(25)21-17-22-23-18(27-17)26-10-15(24)20-14-8-6-13(19)7-9-14/h2-9H,10H2,1H3,(H,20,24)(H,21,22,25). The van der Waals surface area contributed by atoms with Gasteiger partial charge in [-0.25, -0.2) is 0 Å². The van der Waals surface area contributed by atoms with Crippen LogP contribution < -0.4 is 10.6 Å². The zero-order valence-corrected chi connectivity index (χ0v) is 17.5. The molecule has 138 valence electrons. The Morgan fingerprint density at radius 1 is 1.04 bits per heavy atom. The molecule has 1 aromatic heterocycles. The van der Waals surface area contributed by atoms with Gasteiger partial charge in [-0.05, 0) is 43.3 Å². The molecule has 3 rings (SSSR count). The summed E-state index contributed by atoms with van der Waals surface area (Å²) in [6.07, 6.45) is 0. The maximum absolute atomic E-state index is 12.2. The summed E-state index contributed by atoms with van der Waals surface area (Å²) in [7, 11) is 0. The van der Waals surface area contributed by atoms with Crippen molar-refractivity contribution in [3.63, 3.8) is 0 Å². The lowest BCUT2D eigenvalue weighted by Crippen LogP contribution is -2.13. The number of amides is 2. The van der Waals surface area contributed by atoms with Gasteiger partial charge in [-0.1, -0.05) is 56.7 Å². The van der Waals surface area contributed by atoms with Crippen molar-refractivity contribution in [2.75, 3.05) is 16.4 Å². The van der Waals surface area contributed by atoms with Gasteiger partial charge in [0.15, 0.2) is 4.34 Å². The Morgan fingerprint density at radius 2 is 1.74 bits per heavy atom. The predicted octanol–water partition coefficient (Wildman–Crippen LogP) is 4.59. The minimum atomic E-state index is -0.240. The van der Waals surface area contributed by atoms with E-state index >= 15 is 0 Å². The lowest BCUT2D eigenvalue weighted by molar-refractivity contribution is -0.113. The van der Waals surface area contributed by atoms with Gasteiger partial charge < -0.3 is 5.32 Å². The third-order valence-electron chi connectivity index (χ3n) is 3.40. The summed E-state index contributed by atoms with van der Waals surface area (Å²) in [6.45, 7) is 1.96. The minimum Gasteiger partial charge on any atom is -0.325 e. The first-order valence-corrected chi connectivity index (χ1v) is 10.5. The van der Waals surface area contributed by atoms with Crippen LogP contribution in [0.5, 0.6) is 0 Å². The molecule has 6 nitrogen and oxygen atoms in total. The second kappa shape index (κ2) is 9.12. The number of halogens is 1. The van der Waals surface area contributed by atoms with Gasteiger partial charge in [-0.3, -0.25) is 14.9 Å². The molecule has 0 spiro atoms. The number of aryl methyl sites for hydroxylation is 1. The molecular weight excluding hydrogens is 448 g/mol. The first-order chi connectivity index (χ1) is 13.0. The third kappa shape index (κ3) is 5.88. The number of nitrogens with zero attached hydrogens (tertiary/aromatic N) is 2. The summed E-state index contributed by atoms with van der Waals surface area (Å²) in [5, 5.41) is 13.9. The van der Waals surface area contributed by atoms with E-state index in [9.17, 15) is 9.59 Å². The summed E-state index contributed by atoms with van der Waals surface area (Å²) in [5.41, 5.74) is 2.37. The molecule has 0 radical (unpaired) electrons. The highest BCUT2D eigenvalue weighted by molar-refractivity contribution is 9.10. The van der Waals surface area contributed by atoms with E-state index in [4.69, 9.17) is 0 Å². The molecule has 27 heavy (non-hydrogen) atoms. The summed E-state index contributed by atoms with van der Waals surface area (Å²) in [6, 6.07) is 14.6. The SMILES string of the molecule is Cc1ccc(C(=O)Nc2nnc(SCC(=O)Nc3ccc(Br)cc3)s2)cc1. The summed E-state index contributed by atoms with van der Waals surface area (Å²) >= 11 is 5.85. The van der Waals surface area contributed by atoms with Crippen molar-refractivity contribution in [3.8, 4) is 0 Å². The molecule has 0 aliphatic heterocycles. The number of thioether (sulfide) groups is 1. The molecule has 2 amide bonds. The number of benzene rings is 2. The molecule has 0 aliphatic carbocycles. The van der Waals surface area contributed by atoms with Crippen LogP contribution in [0.2, 0.25) is 0 Å². The Labute approximate surface area is 172 Å². The monoisotopic (exact) mass is 462 g/mol. The first kappa shape index (κ1) is 19.5. The number of carbonyl (C=O) groups is 2. The molecule has 3 aromatic rings. The van der Waals surface area contributed by atoms with Crippen LogP contribution in [0.4, 0.5) is 10.8 Å². The topological polar surface area (TPSA) is 84.0 Å². The molecule has 0 unspecified atom stereocenters. The molecule has 0 bridgehead atoms. The maximum atomic E-state index is 12.2. The third-order valence-corrected chi connectivity index (χ3v) is 5.90. The lowest BCUT2D eigenvalue weighted by atomic mass is 10.1. The lowest BCUT2D eigenvalue weighted by Gasteiger charge is -2.03. The quantitative estimate of drug-likeness (QED) is 0.413. The molecule has 0 atom stereocenters. The maximum Gasteiger partial charge on any atom is 0.257 e. The smallest absolute Gasteiger partial charge is 0.257 e.